The van der Waals surface area contributed by atoms with Gasteiger partial charge in [-0.1, -0.05) is 48.0 Å². The van der Waals surface area contributed by atoms with Crippen LogP contribution >= 0.6 is 11.6 Å². The average molecular weight is 389 g/mol. The lowest BCUT2D eigenvalue weighted by Crippen LogP contribution is -2.28. The van der Waals surface area contributed by atoms with Gasteiger partial charge in [-0.15, -0.1) is 0 Å². The van der Waals surface area contributed by atoms with Gasteiger partial charge in [0, 0.05) is 29.1 Å². The van der Waals surface area contributed by atoms with Gasteiger partial charge in [0.25, 0.3) is 5.91 Å². The maximum Gasteiger partial charge on any atom is 0.269 e. The Balaban J connectivity index is 0.000000313. The largest absolute Gasteiger partial charge is 0.370 e. The second-order valence-electron chi connectivity index (χ2n) is 5.41. The van der Waals surface area contributed by atoms with Crippen LogP contribution < -0.4 is 11.1 Å². The van der Waals surface area contributed by atoms with Gasteiger partial charge >= 0.3 is 0 Å². The molecular weight excluding hydrogens is 371 g/mol. The minimum absolute atomic E-state index is 0.0366. The normalized spacial score (nSPS) is 9.85. The molecule has 140 valence electrons. The Labute approximate surface area is 160 Å². The quantitative estimate of drug-likeness (QED) is 0.625. The summed E-state index contributed by atoms with van der Waals surface area (Å²) in [5, 5.41) is 9.59. The first-order valence-corrected chi connectivity index (χ1v) is 8.42. The summed E-state index contributed by atoms with van der Waals surface area (Å²) < 4.78 is 13.7. The van der Waals surface area contributed by atoms with Crippen molar-refractivity contribution >= 4 is 23.4 Å². The van der Waals surface area contributed by atoms with E-state index in [4.69, 9.17) is 17.3 Å². The first-order valence-electron chi connectivity index (χ1n) is 8.04. The molecule has 0 aliphatic heterocycles. The molecule has 0 bridgehead atoms. The van der Waals surface area contributed by atoms with Gasteiger partial charge in [0.2, 0.25) is 5.91 Å². The Morgan fingerprint density at radius 3 is 2.33 bits per heavy atom. The van der Waals surface area contributed by atoms with Crippen molar-refractivity contribution in [1.29, 1.82) is 0 Å². The Hall–Kier alpha value is -3.19. The molecular formula is C19H18ClFN4O2. The first-order chi connectivity index (χ1) is 13.0. The van der Waals surface area contributed by atoms with E-state index in [2.05, 4.69) is 15.5 Å². The van der Waals surface area contributed by atoms with Gasteiger partial charge in [-0.25, -0.2) is 4.39 Å². The molecule has 0 unspecified atom stereocenters. The molecule has 6 nitrogen and oxygen atoms in total. The van der Waals surface area contributed by atoms with Crippen LogP contribution in [-0.2, 0) is 4.79 Å². The molecule has 2 amide bonds. The standard InChI is InChI=1S/C13H13FN4O2.C6H5Cl/c14-10-4-2-1-3-8(10)9-7-17-18-12(9)13(20)16-6-5-11(15)19;7-6-4-2-1-3-5-6/h1-4,7H,5-6H2,(H2,15,19)(H,16,20)(H,17,18);1-5H. The number of carbonyl (C=O) groups is 2. The smallest absolute Gasteiger partial charge is 0.269 e. The first kappa shape index (κ1) is 20.1. The number of aromatic nitrogens is 2. The van der Waals surface area contributed by atoms with Crippen LogP contribution in [0.3, 0.4) is 0 Å². The molecule has 27 heavy (non-hydrogen) atoms. The number of halogens is 2. The van der Waals surface area contributed by atoms with Crippen molar-refractivity contribution in [2.45, 2.75) is 6.42 Å². The molecule has 0 saturated carbocycles. The number of H-pyrrole nitrogens is 1. The van der Waals surface area contributed by atoms with Gasteiger partial charge in [0.05, 0.1) is 6.20 Å². The predicted octanol–water partition coefficient (Wildman–Crippen LogP) is 3.16. The molecule has 0 atom stereocenters. The van der Waals surface area contributed by atoms with E-state index in [0.29, 0.717) is 5.56 Å². The van der Waals surface area contributed by atoms with E-state index < -0.39 is 17.6 Å². The minimum Gasteiger partial charge on any atom is -0.370 e. The third kappa shape index (κ3) is 6.23. The molecule has 3 aromatic rings. The van der Waals surface area contributed by atoms with Crippen molar-refractivity contribution in [3.05, 3.63) is 77.3 Å². The number of benzene rings is 2. The molecule has 8 heteroatoms. The van der Waals surface area contributed by atoms with Crippen molar-refractivity contribution in [1.82, 2.24) is 15.5 Å². The zero-order valence-electron chi connectivity index (χ0n) is 14.3. The van der Waals surface area contributed by atoms with Gasteiger partial charge in [-0.2, -0.15) is 5.10 Å². The van der Waals surface area contributed by atoms with Crippen LogP contribution in [0, 0.1) is 5.82 Å². The SMILES string of the molecule is Clc1ccccc1.NC(=O)CCNC(=O)c1[nH]ncc1-c1ccccc1F. The highest BCUT2D eigenvalue weighted by Gasteiger charge is 2.17. The molecule has 2 aromatic carbocycles. The highest BCUT2D eigenvalue weighted by atomic mass is 35.5. The summed E-state index contributed by atoms with van der Waals surface area (Å²) in [4.78, 5) is 22.5. The summed E-state index contributed by atoms with van der Waals surface area (Å²) in [5.41, 5.74) is 5.76. The highest BCUT2D eigenvalue weighted by Crippen LogP contribution is 2.24. The van der Waals surface area contributed by atoms with Crippen molar-refractivity contribution in [2.75, 3.05) is 6.54 Å². The molecule has 0 fully saturated rings. The molecule has 0 radical (unpaired) electrons. The van der Waals surface area contributed by atoms with Crippen LogP contribution in [0.15, 0.2) is 60.8 Å². The lowest BCUT2D eigenvalue weighted by Gasteiger charge is -2.05. The number of rotatable bonds is 5. The van der Waals surface area contributed by atoms with Gasteiger partial charge in [-0.3, -0.25) is 14.7 Å². The summed E-state index contributed by atoms with van der Waals surface area (Å²) in [5.74, 6) is -1.42. The van der Waals surface area contributed by atoms with Crippen LogP contribution in [0.2, 0.25) is 5.02 Å². The zero-order valence-corrected chi connectivity index (χ0v) is 15.0. The van der Waals surface area contributed by atoms with E-state index >= 15 is 0 Å². The summed E-state index contributed by atoms with van der Waals surface area (Å²) in [6, 6.07) is 15.5. The average Bonchev–Trinajstić information content (AvgIpc) is 3.12. The van der Waals surface area contributed by atoms with Crippen molar-refractivity contribution in [2.24, 2.45) is 5.73 Å². The summed E-state index contributed by atoms with van der Waals surface area (Å²) >= 11 is 5.54. The fourth-order valence-corrected chi connectivity index (χ4v) is 2.29. The number of primary amides is 1. The zero-order chi connectivity index (χ0) is 19.6. The van der Waals surface area contributed by atoms with E-state index in [-0.39, 0.29) is 24.2 Å². The number of nitrogens with zero attached hydrogens (tertiary/aromatic N) is 1. The number of nitrogens with one attached hydrogen (secondary N) is 2. The Bertz CT molecular complexity index is 899. The number of aromatic amines is 1. The van der Waals surface area contributed by atoms with E-state index in [1.54, 1.807) is 18.2 Å². The topological polar surface area (TPSA) is 101 Å². The molecule has 1 heterocycles. The maximum absolute atomic E-state index is 13.7. The number of hydrogen-bond donors (Lipinski definition) is 3. The molecule has 4 N–H and O–H groups in total. The van der Waals surface area contributed by atoms with E-state index in [0.717, 1.165) is 5.02 Å². The van der Waals surface area contributed by atoms with E-state index in [1.807, 2.05) is 30.3 Å². The van der Waals surface area contributed by atoms with Gasteiger partial charge in [-0.05, 0) is 18.2 Å². The fourth-order valence-electron chi connectivity index (χ4n) is 2.15. The number of hydrogen-bond acceptors (Lipinski definition) is 3. The Morgan fingerprint density at radius 1 is 1.07 bits per heavy atom. The predicted molar refractivity (Wildman–Crippen MR) is 102 cm³/mol. The highest BCUT2D eigenvalue weighted by molar-refractivity contribution is 6.30. The third-order valence-electron chi connectivity index (χ3n) is 3.42. The second-order valence-corrected chi connectivity index (χ2v) is 5.84. The maximum atomic E-state index is 13.7. The molecule has 0 spiro atoms. The van der Waals surface area contributed by atoms with Crippen molar-refractivity contribution in [3.63, 3.8) is 0 Å². The Kier molecular flexibility index (Phi) is 7.51. The van der Waals surface area contributed by atoms with Crippen molar-refractivity contribution in [3.8, 4) is 11.1 Å². The molecule has 0 saturated heterocycles. The van der Waals surface area contributed by atoms with Crippen molar-refractivity contribution < 1.29 is 14.0 Å². The fraction of sp³-hybridized carbons (Fsp3) is 0.105. The summed E-state index contributed by atoms with van der Waals surface area (Å²) in [7, 11) is 0. The van der Waals surface area contributed by atoms with Gasteiger partial charge in [0.1, 0.15) is 11.5 Å². The second kappa shape index (κ2) is 10.1. The van der Waals surface area contributed by atoms with Gasteiger partial charge in [0.15, 0.2) is 0 Å². The number of carbonyl (C=O) groups excluding carboxylic acids is 2. The summed E-state index contributed by atoms with van der Waals surface area (Å²) in [6.45, 7) is 0.115. The number of nitrogens with two attached hydrogens (primary N) is 1. The minimum atomic E-state index is -0.510. The van der Waals surface area contributed by atoms with Gasteiger partial charge < -0.3 is 11.1 Å². The Morgan fingerprint density at radius 2 is 1.74 bits per heavy atom. The van der Waals surface area contributed by atoms with E-state index in [1.165, 1.54) is 12.3 Å². The van der Waals surface area contributed by atoms with Crippen LogP contribution in [-0.4, -0.2) is 28.6 Å². The monoisotopic (exact) mass is 388 g/mol. The lowest BCUT2D eigenvalue weighted by molar-refractivity contribution is -0.117. The molecule has 1 aromatic heterocycles. The van der Waals surface area contributed by atoms with Crippen LogP contribution in [0.4, 0.5) is 4.39 Å². The summed E-state index contributed by atoms with van der Waals surface area (Å²) in [6.07, 6.45) is 1.41. The third-order valence-corrected chi connectivity index (χ3v) is 3.67. The van der Waals surface area contributed by atoms with E-state index in [9.17, 15) is 14.0 Å². The number of amides is 2. The van der Waals surface area contributed by atoms with Crippen LogP contribution in [0.25, 0.3) is 11.1 Å². The van der Waals surface area contributed by atoms with Crippen LogP contribution in [0.1, 0.15) is 16.9 Å². The molecule has 0 aliphatic carbocycles. The molecule has 0 aliphatic rings. The van der Waals surface area contributed by atoms with Crippen LogP contribution in [0.5, 0.6) is 0 Å². The lowest BCUT2D eigenvalue weighted by atomic mass is 10.1. The molecule has 3 rings (SSSR count).